The SMILES string of the molecule is O=C(O)CS(=O)(=O)Nc1ccc(F)cc1F. The molecule has 1 rings (SSSR count). The molecule has 0 fully saturated rings. The average molecular weight is 251 g/mol. The number of benzene rings is 1. The third-order valence-electron chi connectivity index (χ3n) is 1.51. The summed E-state index contributed by atoms with van der Waals surface area (Å²) in [5, 5.41) is 8.27. The van der Waals surface area contributed by atoms with Crippen molar-refractivity contribution in [1.29, 1.82) is 0 Å². The molecule has 2 N–H and O–H groups in total. The summed E-state index contributed by atoms with van der Waals surface area (Å²) in [5.74, 6) is -4.74. The van der Waals surface area contributed by atoms with Crippen molar-refractivity contribution in [2.24, 2.45) is 0 Å². The fourth-order valence-corrected chi connectivity index (χ4v) is 1.84. The van der Waals surface area contributed by atoms with E-state index < -0.39 is 39.1 Å². The lowest BCUT2D eigenvalue weighted by molar-refractivity contribution is -0.134. The van der Waals surface area contributed by atoms with Crippen LogP contribution in [-0.4, -0.2) is 25.2 Å². The molecule has 88 valence electrons. The van der Waals surface area contributed by atoms with Crippen LogP contribution in [-0.2, 0) is 14.8 Å². The normalized spacial score (nSPS) is 11.1. The summed E-state index contributed by atoms with van der Waals surface area (Å²) in [6, 6.07) is 2.20. The number of sulfonamides is 1. The van der Waals surface area contributed by atoms with E-state index in [0.29, 0.717) is 6.07 Å². The van der Waals surface area contributed by atoms with Crippen LogP contribution in [0.5, 0.6) is 0 Å². The number of carbonyl (C=O) groups is 1. The zero-order valence-corrected chi connectivity index (χ0v) is 8.59. The molecule has 8 heteroatoms. The highest BCUT2D eigenvalue weighted by molar-refractivity contribution is 7.93. The van der Waals surface area contributed by atoms with Gasteiger partial charge in [0.1, 0.15) is 11.6 Å². The predicted octanol–water partition coefficient (Wildman–Crippen LogP) is 0.791. The first kappa shape index (κ1) is 12.4. The monoisotopic (exact) mass is 251 g/mol. The molecule has 0 unspecified atom stereocenters. The van der Waals surface area contributed by atoms with Crippen molar-refractivity contribution in [3.05, 3.63) is 29.8 Å². The first-order valence-corrected chi connectivity index (χ1v) is 5.63. The molecule has 16 heavy (non-hydrogen) atoms. The Morgan fingerprint density at radius 2 is 2.00 bits per heavy atom. The largest absolute Gasteiger partial charge is 0.480 e. The molecule has 0 spiro atoms. The molecule has 0 atom stereocenters. The molecule has 0 aliphatic heterocycles. The average Bonchev–Trinajstić information content (AvgIpc) is 2.07. The van der Waals surface area contributed by atoms with Crippen molar-refractivity contribution in [1.82, 2.24) is 0 Å². The second-order valence-electron chi connectivity index (χ2n) is 2.88. The highest BCUT2D eigenvalue weighted by atomic mass is 32.2. The van der Waals surface area contributed by atoms with Crippen molar-refractivity contribution < 1.29 is 27.1 Å². The van der Waals surface area contributed by atoms with Crippen LogP contribution in [0, 0.1) is 11.6 Å². The minimum Gasteiger partial charge on any atom is -0.480 e. The van der Waals surface area contributed by atoms with Gasteiger partial charge in [-0.3, -0.25) is 9.52 Å². The lowest BCUT2D eigenvalue weighted by atomic mass is 10.3. The van der Waals surface area contributed by atoms with Gasteiger partial charge < -0.3 is 5.11 Å². The van der Waals surface area contributed by atoms with Gasteiger partial charge in [-0.1, -0.05) is 0 Å². The second kappa shape index (κ2) is 4.44. The molecule has 0 saturated heterocycles. The Hall–Kier alpha value is -1.70. The molecule has 0 bridgehead atoms. The smallest absolute Gasteiger partial charge is 0.320 e. The van der Waals surface area contributed by atoms with Gasteiger partial charge in [0, 0.05) is 6.07 Å². The molecule has 0 aromatic heterocycles. The Kier molecular flexibility index (Phi) is 3.43. The van der Waals surface area contributed by atoms with Gasteiger partial charge in [-0.2, -0.15) is 0 Å². The van der Waals surface area contributed by atoms with Crippen LogP contribution >= 0.6 is 0 Å². The standard InChI is InChI=1S/C8H7F2NO4S/c9-5-1-2-7(6(10)3-5)11-16(14,15)4-8(12)13/h1-3,11H,4H2,(H,12,13). The number of hydrogen-bond donors (Lipinski definition) is 2. The third-order valence-corrected chi connectivity index (χ3v) is 2.67. The zero-order chi connectivity index (χ0) is 12.3. The lowest BCUT2D eigenvalue weighted by Crippen LogP contribution is -2.22. The van der Waals surface area contributed by atoms with Crippen LogP contribution < -0.4 is 4.72 Å². The van der Waals surface area contributed by atoms with Crippen LogP contribution in [0.3, 0.4) is 0 Å². The zero-order valence-electron chi connectivity index (χ0n) is 7.78. The van der Waals surface area contributed by atoms with E-state index in [0.717, 1.165) is 12.1 Å². The molecule has 5 nitrogen and oxygen atoms in total. The minimum atomic E-state index is -4.18. The number of carboxylic acid groups (broad SMARTS) is 1. The molecule has 0 saturated carbocycles. The van der Waals surface area contributed by atoms with E-state index in [-0.39, 0.29) is 0 Å². The van der Waals surface area contributed by atoms with Gasteiger partial charge in [0.25, 0.3) is 0 Å². The number of carboxylic acids is 1. The first-order valence-electron chi connectivity index (χ1n) is 3.97. The van der Waals surface area contributed by atoms with E-state index in [4.69, 9.17) is 5.11 Å². The van der Waals surface area contributed by atoms with Gasteiger partial charge in [0.15, 0.2) is 5.75 Å². The number of rotatable bonds is 4. The number of nitrogens with one attached hydrogen (secondary N) is 1. The summed E-state index contributed by atoms with van der Waals surface area (Å²) in [6.45, 7) is 0. The van der Waals surface area contributed by atoms with E-state index in [1.165, 1.54) is 0 Å². The highest BCUT2D eigenvalue weighted by Gasteiger charge is 2.17. The van der Waals surface area contributed by atoms with E-state index in [1.54, 1.807) is 4.72 Å². The van der Waals surface area contributed by atoms with E-state index in [1.807, 2.05) is 0 Å². The van der Waals surface area contributed by atoms with Crippen LogP contribution in [0.1, 0.15) is 0 Å². The van der Waals surface area contributed by atoms with Crippen molar-refractivity contribution in [2.45, 2.75) is 0 Å². The fourth-order valence-electron chi connectivity index (χ4n) is 0.938. The lowest BCUT2D eigenvalue weighted by Gasteiger charge is -2.06. The topological polar surface area (TPSA) is 83.5 Å². The predicted molar refractivity (Wildman–Crippen MR) is 51.4 cm³/mol. The molecule has 0 heterocycles. The summed E-state index contributed by atoms with van der Waals surface area (Å²) < 4.78 is 49.4. The number of aliphatic carboxylic acids is 1. The van der Waals surface area contributed by atoms with Gasteiger partial charge in [0.05, 0.1) is 5.69 Å². The van der Waals surface area contributed by atoms with Crippen molar-refractivity contribution in [3.63, 3.8) is 0 Å². The third kappa shape index (κ3) is 3.46. The first-order chi connectivity index (χ1) is 7.30. The Balaban J connectivity index is 2.92. The van der Waals surface area contributed by atoms with E-state index in [2.05, 4.69) is 0 Å². The molecular formula is C8H7F2NO4S. The molecule has 0 aliphatic carbocycles. The molecule has 1 aromatic carbocycles. The fraction of sp³-hybridized carbons (Fsp3) is 0.125. The second-order valence-corrected chi connectivity index (χ2v) is 4.60. The summed E-state index contributed by atoms with van der Waals surface area (Å²) in [7, 11) is -4.18. The maximum atomic E-state index is 13.0. The van der Waals surface area contributed by atoms with Gasteiger partial charge in [-0.15, -0.1) is 0 Å². The highest BCUT2D eigenvalue weighted by Crippen LogP contribution is 2.16. The quantitative estimate of drug-likeness (QED) is 0.828. The number of anilines is 1. The van der Waals surface area contributed by atoms with Gasteiger partial charge in [-0.25, -0.2) is 17.2 Å². The summed E-state index contributed by atoms with van der Waals surface area (Å²) in [6.07, 6.45) is 0. The summed E-state index contributed by atoms with van der Waals surface area (Å²) in [4.78, 5) is 10.2. The Labute approximate surface area is 89.8 Å². The number of halogens is 2. The van der Waals surface area contributed by atoms with E-state index in [9.17, 15) is 22.0 Å². The molecule has 0 radical (unpaired) electrons. The summed E-state index contributed by atoms with van der Waals surface area (Å²) in [5.41, 5.74) is -0.498. The Morgan fingerprint density at radius 3 is 2.50 bits per heavy atom. The van der Waals surface area contributed by atoms with Gasteiger partial charge in [-0.05, 0) is 12.1 Å². The van der Waals surface area contributed by atoms with Crippen molar-refractivity contribution in [2.75, 3.05) is 10.5 Å². The molecule has 1 aromatic rings. The number of hydrogen-bond acceptors (Lipinski definition) is 3. The van der Waals surface area contributed by atoms with Crippen molar-refractivity contribution in [3.8, 4) is 0 Å². The van der Waals surface area contributed by atoms with Crippen LogP contribution in [0.15, 0.2) is 18.2 Å². The Bertz CT molecular complexity index is 515. The minimum absolute atomic E-state index is 0.485. The van der Waals surface area contributed by atoms with Gasteiger partial charge in [0.2, 0.25) is 10.0 Å². The van der Waals surface area contributed by atoms with Crippen LogP contribution in [0.4, 0.5) is 14.5 Å². The van der Waals surface area contributed by atoms with Crippen molar-refractivity contribution >= 4 is 21.7 Å². The maximum Gasteiger partial charge on any atom is 0.320 e. The van der Waals surface area contributed by atoms with Crippen LogP contribution in [0.25, 0.3) is 0 Å². The molecule has 0 aliphatic rings. The molecule has 0 amide bonds. The molecular weight excluding hydrogens is 244 g/mol. The van der Waals surface area contributed by atoms with Crippen LogP contribution in [0.2, 0.25) is 0 Å². The van der Waals surface area contributed by atoms with E-state index >= 15 is 0 Å². The van der Waals surface area contributed by atoms with Gasteiger partial charge >= 0.3 is 5.97 Å². The Morgan fingerprint density at radius 1 is 1.38 bits per heavy atom. The summed E-state index contributed by atoms with van der Waals surface area (Å²) >= 11 is 0. The maximum absolute atomic E-state index is 13.0.